The highest BCUT2D eigenvalue weighted by molar-refractivity contribution is 5.50. The third kappa shape index (κ3) is 2.88. The second-order valence-electron chi connectivity index (χ2n) is 3.47. The fraction of sp³-hybridized carbons (Fsp3) is 0.417. The van der Waals surface area contributed by atoms with Gasteiger partial charge in [0.15, 0.2) is 0 Å². The first-order valence-electron chi connectivity index (χ1n) is 5.10. The van der Waals surface area contributed by atoms with Gasteiger partial charge in [-0.1, -0.05) is 12.8 Å². The van der Waals surface area contributed by atoms with Gasteiger partial charge in [-0.15, -0.1) is 6.42 Å². The molecular weight excluding hydrogens is 186 g/mol. The van der Waals surface area contributed by atoms with Gasteiger partial charge in [-0.2, -0.15) is 0 Å². The molecule has 0 spiro atoms. The number of terminal acetylenes is 1. The summed E-state index contributed by atoms with van der Waals surface area (Å²) in [5.41, 5.74) is 7.29. The molecule has 1 aromatic rings. The van der Waals surface area contributed by atoms with Crippen LogP contribution in [-0.2, 0) is 0 Å². The highest BCUT2D eigenvalue weighted by Gasteiger charge is 2.06. The Morgan fingerprint density at radius 2 is 2.27 bits per heavy atom. The monoisotopic (exact) mass is 203 g/mol. The lowest BCUT2D eigenvalue weighted by molar-refractivity contribution is 0.807. The lowest BCUT2D eigenvalue weighted by Crippen LogP contribution is -2.25. The molecule has 0 atom stereocenters. The Labute approximate surface area is 91.3 Å². The Hall–Kier alpha value is -1.69. The zero-order valence-corrected chi connectivity index (χ0v) is 9.33. The Balaban J connectivity index is 2.91. The number of rotatable bonds is 4. The van der Waals surface area contributed by atoms with Crippen LogP contribution in [0.15, 0.2) is 12.1 Å². The molecule has 1 aromatic heterocycles. The van der Waals surface area contributed by atoms with Crippen molar-refractivity contribution in [3.8, 4) is 12.3 Å². The fourth-order valence-electron chi connectivity index (χ4n) is 1.39. The molecule has 1 rings (SSSR count). The molecule has 0 saturated carbocycles. The van der Waals surface area contributed by atoms with Gasteiger partial charge in [-0.25, -0.2) is 4.98 Å². The minimum absolute atomic E-state index is 0.587. The molecule has 0 aliphatic carbocycles. The molecular formula is C12H17N3. The minimum atomic E-state index is 0.587. The third-order valence-electron chi connectivity index (χ3n) is 2.21. The number of anilines is 2. The molecule has 0 aliphatic heterocycles. The molecule has 3 heteroatoms. The summed E-state index contributed by atoms with van der Waals surface area (Å²) in [6.45, 7) is 5.53. The number of pyridine rings is 1. The largest absolute Gasteiger partial charge is 0.397 e. The zero-order chi connectivity index (χ0) is 11.3. The van der Waals surface area contributed by atoms with E-state index in [0.717, 1.165) is 30.2 Å². The first kappa shape index (κ1) is 11.4. The van der Waals surface area contributed by atoms with E-state index in [4.69, 9.17) is 12.2 Å². The minimum Gasteiger partial charge on any atom is -0.397 e. The van der Waals surface area contributed by atoms with E-state index in [9.17, 15) is 0 Å². The lowest BCUT2D eigenvalue weighted by atomic mass is 10.3. The van der Waals surface area contributed by atoms with E-state index in [1.165, 1.54) is 0 Å². The molecule has 3 nitrogen and oxygen atoms in total. The van der Waals surface area contributed by atoms with Gasteiger partial charge in [0.2, 0.25) is 0 Å². The highest BCUT2D eigenvalue weighted by atomic mass is 15.2. The van der Waals surface area contributed by atoms with Gasteiger partial charge < -0.3 is 10.6 Å². The van der Waals surface area contributed by atoms with Gasteiger partial charge in [0.1, 0.15) is 5.82 Å². The summed E-state index contributed by atoms with van der Waals surface area (Å²) in [5.74, 6) is 3.54. The zero-order valence-electron chi connectivity index (χ0n) is 9.33. The van der Waals surface area contributed by atoms with Gasteiger partial charge in [0.25, 0.3) is 0 Å². The molecule has 0 amide bonds. The highest BCUT2D eigenvalue weighted by Crippen LogP contribution is 2.15. The maximum Gasteiger partial charge on any atom is 0.129 e. The number of hydrogen-bond donors (Lipinski definition) is 1. The van der Waals surface area contributed by atoms with Crippen molar-refractivity contribution in [2.75, 3.05) is 23.7 Å². The van der Waals surface area contributed by atoms with E-state index in [-0.39, 0.29) is 0 Å². The van der Waals surface area contributed by atoms with Crippen molar-refractivity contribution in [1.82, 2.24) is 4.98 Å². The molecule has 15 heavy (non-hydrogen) atoms. The van der Waals surface area contributed by atoms with Crippen LogP contribution in [0.25, 0.3) is 0 Å². The normalized spacial score (nSPS) is 9.67. The third-order valence-corrected chi connectivity index (χ3v) is 2.21. The van der Waals surface area contributed by atoms with E-state index >= 15 is 0 Å². The number of hydrogen-bond acceptors (Lipinski definition) is 3. The van der Waals surface area contributed by atoms with E-state index in [0.29, 0.717) is 6.54 Å². The van der Waals surface area contributed by atoms with E-state index < -0.39 is 0 Å². The number of nitrogens with two attached hydrogens (primary N) is 1. The molecule has 2 N–H and O–H groups in total. The van der Waals surface area contributed by atoms with E-state index in [1.54, 1.807) is 0 Å². The van der Waals surface area contributed by atoms with Crippen molar-refractivity contribution in [2.45, 2.75) is 20.3 Å². The maximum atomic E-state index is 5.72. The van der Waals surface area contributed by atoms with Crippen LogP contribution in [0.2, 0.25) is 0 Å². The summed E-state index contributed by atoms with van der Waals surface area (Å²) in [6, 6.07) is 3.78. The van der Waals surface area contributed by atoms with Crippen molar-refractivity contribution < 1.29 is 0 Å². The maximum absolute atomic E-state index is 5.72. The van der Waals surface area contributed by atoms with Crippen LogP contribution in [0.4, 0.5) is 11.5 Å². The predicted molar refractivity (Wildman–Crippen MR) is 64.7 cm³/mol. The summed E-state index contributed by atoms with van der Waals surface area (Å²) < 4.78 is 0. The number of nitrogen functional groups attached to an aromatic ring is 1. The van der Waals surface area contributed by atoms with Crippen molar-refractivity contribution in [1.29, 1.82) is 0 Å². The summed E-state index contributed by atoms with van der Waals surface area (Å²) in [7, 11) is 0. The summed E-state index contributed by atoms with van der Waals surface area (Å²) in [6.07, 6.45) is 6.37. The fourth-order valence-corrected chi connectivity index (χ4v) is 1.39. The van der Waals surface area contributed by atoms with E-state index in [1.807, 2.05) is 19.1 Å². The van der Waals surface area contributed by atoms with Gasteiger partial charge in [0, 0.05) is 6.54 Å². The Bertz CT molecular complexity index is 366. The molecule has 0 aromatic carbocycles. The van der Waals surface area contributed by atoms with Gasteiger partial charge in [-0.05, 0) is 25.5 Å². The van der Waals surface area contributed by atoms with Crippen LogP contribution in [0.3, 0.4) is 0 Å². The molecule has 0 unspecified atom stereocenters. The van der Waals surface area contributed by atoms with Crippen molar-refractivity contribution >= 4 is 11.5 Å². The SMILES string of the molecule is C#CCN(CCC)c1ccc(N)c(C)n1. The van der Waals surface area contributed by atoms with Crippen LogP contribution < -0.4 is 10.6 Å². The van der Waals surface area contributed by atoms with Gasteiger partial charge in [-0.3, -0.25) is 0 Å². The summed E-state index contributed by atoms with van der Waals surface area (Å²) in [4.78, 5) is 6.49. The van der Waals surface area contributed by atoms with Crippen molar-refractivity contribution in [3.63, 3.8) is 0 Å². The molecule has 0 radical (unpaired) electrons. The van der Waals surface area contributed by atoms with Crippen LogP contribution in [0, 0.1) is 19.3 Å². The number of aryl methyl sites for hydroxylation is 1. The number of nitrogens with zero attached hydrogens (tertiary/aromatic N) is 2. The van der Waals surface area contributed by atoms with Crippen molar-refractivity contribution in [2.24, 2.45) is 0 Å². The molecule has 1 heterocycles. The summed E-state index contributed by atoms with van der Waals surface area (Å²) >= 11 is 0. The Morgan fingerprint density at radius 3 is 2.80 bits per heavy atom. The van der Waals surface area contributed by atoms with Gasteiger partial charge in [0.05, 0.1) is 17.9 Å². The average Bonchev–Trinajstić information content (AvgIpc) is 2.22. The smallest absolute Gasteiger partial charge is 0.129 e. The summed E-state index contributed by atoms with van der Waals surface area (Å²) in [5, 5.41) is 0. The molecule has 0 saturated heterocycles. The second kappa shape index (κ2) is 5.26. The quantitative estimate of drug-likeness (QED) is 0.759. The topological polar surface area (TPSA) is 42.1 Å². The molecule has 0 fully saturated rings. The first-order valence-corrected chi connectivity index (χ1v) is 5.10. The standard InChI is InChI=1S/C12H17N3/c1-4-8-15(9-5-2)12-7-6-11(13)10(3)14-12/h1,6-7H,5,8-9,13H2,2-3H3. The second-order valence-corrected chi connectivity index (χ2v) is 3.47. The Kier molecular flexibility index (Phi) is 3.99. The van der Waals surface area contributed by atoms with Gasteiger partial charge >= 0.3 is 0 Å². The van der Waals surface area contributed by atoms with Crippen LogP contribution in [-0.4, -0.2) is 18.1 Å². The van der Waals surface area contributed by atoms with Crippen LogP contribution in [0.5, 0.6) is 0 Å². The lowest BCUT2D eigenvalue weighted by Gasteiger charge is -2.21. The van der Waals surface area contributed by atoms with Crippen molar-refractivity contribution in [3.05, 3.63) is 17.8 Å². The molecule has 0 aliphatic rings. The van der Waals surface area contributed by atoms with E-state index in [2.05, 4.69) is 22.7 Å². The van der Waals surface area contributed by atoms with Crippen LogP contribution in [0.1, 0.15) is 19.0 Å². The molecule has 80 valence electrons. The average molecular weight is 203 g/mol. The number of aromatic nitrogens is 1. The molecule has 0 bridgehead atoms. The Morgan fingerprint density at radius 1 is 1.53 bits per heavy atom. The first-order chi connectivity index (χ1) is 7.19. The van der Waals surface area contributed by atoms with Crippen LogP contribution >= 0.6 is 0 Å². The predicted octanol–water partition coefficient (Wildman–Crippen LogP) is 1.82.